The molecular weight excluding hydrogens is 495 g/mol. The second-order valence-corrected chi connectivity index (χ2v) is 10.1. The molecule has 2 heterocycles. The Morgan fingerprint density at radius 2 is 1.96 bits per heavy atom. The van der Waals surface area contributed by atoms with E-state index in [0.29, 0.717) is 37.5 Å². The SMILES string of the molecule is O=C1c2cccc(S(=O)(=O)CCOCCOCCI)c2CN1C1CCCNC1. The number of nitrogens with one attached hydrogen (secondary N) is 1. The summed E-state index contributed by atoms with van der Waals surface area (Å²) in [4.78, 5) is 14.9. The molecule has 0 aliphatic carbocycles. The molecular formula is C19H27IN2O5S. The number of alkyl halides is 1. The summed E-state index contributed by atoms with van der Waals surface area (Å²) in [5.41, 5.74) is 1.14. The summed E-state index contributed by atoms with van der Waals surface area (Å²) < 4.78 is 37.4. The van der Waals surface area contributed by atoms with Crippen molar-refractivity contribution in [2.24, 2.45) is 0 Å². The summed E-state index contributed by atoms with van der Waals surface area (Å²) in [6, 6.07) is 5.11. The van der Waals surface area contributed by atoms with Crippen LogP contribution in [-0.4, -0.2) is 75.0 Å². The van der Waals surface area contributed by atoms with Crippen LogP contribution >= 0.6 is 22.6 Å². The molecule has 1 aromatic carbocycles. The van der Waals surface area contributed by atoms with E-state index in [2.05, 4.69) is 27.9 Å². The molecule has 1 aromatic rings. The van der Waals surface area contributed by atoms with E-state index in [1.54, 1.807) is 18.2 Å². The molecule has 2 aliphatic heterocycles. The van der Waals surface area contributed by atoms with Crippen molar-refractivity contribution < 1.29 is 22.7 Å². The first-order valence-electron chi connectivity index (χ1n) is 9.62. The van der Waals surface area contributed by atoms with Gasteiger partial charge in [0, 0.05) is 34.7 Å². The number of hydrogen-bond donors (Lipinski definition) is 1. The maximum Gasteiger partial charge on any atom is 0.254 e. The molecule has 1 N–H and O–H groups in total. The minimum atomic E-state index is -3.52. The predicted molar refractivity (Wildman–Crippen MR) is 115 cm³/mol. The lowest BCUT2D eigenvalue weighted by atomic mass is 10.1. The lowest BCUT2D eigenvalue weighted by molar-refractivity contribution is 0.0607. The van der Waals surface area contributed by atoms with Crippen LogP contribution in [0.4, 0.5) is 0 Å². The standard InChI is InChI=1S/C19H27IN2O5S/c20-6-8-26-9-10-27-11-12-28(24,25)18-5-1-4-16-17(18)14-22(19(16)23)15-3-2-7-21-13-15/h1,4-5,15,21H,2-3,6-14H2. The van der Waals surface area contributed by atoms with Gasteiger partial charge in [-0.05, 0) is 31.5 Å². The van der Waals surface area contributed by atoms with Crippen LogP contribution in [0.15, 0.2) is 23.1 Å². The van der Waals surface area contributed by atoms with E-state index in [1.807, 2.05) is 4.90 Å². The van der Waals surface area contributed by atoms with Crippen molar-refractivity contribution in [2.75, 3.05) is 49.7 Å². The molecule has 1 unspecified atom stereocenters. The maximum atomic E-state index is 12.9. The van der Waals surface area contributed by atoms with E-state index in [1.165, 1.54) is 0 Å². The minimum absolute atomic E-state index is 0.0654. The number of ether oxygens (including phenoxy) is 2. The number of nitrogens with zero attached hydrogens (tertiary/aromatic N) is 1. The highest BCUT2D eigenvalue weighted by molar-refractivity contribution is 14.1. The summed E-state index contributed by atoms with van der Waals surface area (Å²) in [5.74, 6) is -0.168. The smallest absolute Gasteiger partial charge is 0.254 e. The summed E-state index contributed by atoms with van der Waals surface area (Å²) in [6.07, 6.45) is 1.97. The lowest BCUT2D eigenvalue weighted by Crippen LogP contribution is -2.46. The van der Waals surface area contributed by atoms with Crippen molar-refractivity contribution in [3.05, 3.63) is 29.3 Å². The highest BCUT2D eigenvalue weighted by Gasteiger charge is 2.36. The van der Waals surface area contributed by atoms with E-state index in [-0.39, 0.29) is 29.2 Å². The molecule has 0 bridgehead atoms. The second-order valence-electron chi connectivity index (χ2n) is 6.95. The first kappa shape index (κ1) is 21.9. The van der Waals surface area contributed by atoms with E-state index >= 15 is 0 Å². The summed E-state index contributed by atoms with van der Waals surface area (Å²) in [5, 5.41) is 3.32. The Morgan fingerprint density at radius 3 is 2.68 bits per heavy atom. The average Bonchev–Trinajstić information content (AvgIpc) is 3.04. The van der Waals surface area contributed by atoms with Crippen LogP contribution < -0.4 is 5.32 Å². The van der Waals surface area contributed by atoms with Crippen LogP contribution in [0.3, 0.4) is 0 Å². The Kier molecular flexibility index (Phi) is 8.10. The van der Waals surface area contributed by atoms with Crippen molar-refractivity contribution >= 4 is 38.3 Å². The molecule has 0 saturated carbocycles. The maximum absolute atomic E-state index is 12.9. The van der Waals surface area contributed by atoms with Crippen LogP contribution in [0.2, 0.25) is 0 Å². The predicted octanol–water partition coefficient (Wildman–Crippen LogP) is 1.64. The number of piperidine rings is 1. The molecule has 28 heavy (non-hydrogen) atoms. The Labute approximate surface area is 180 Å². The fraction of sp³-hybridized carbons (Fsp3) is 0.632. The summed E-state index contributed by atoms with van der Waals surface area (Å²) in [7, 11) is -3.52. The zero-order valence-electron chi connectivity index (χ0n) is 15.9. The van der Waals surface area contributed by atoms with Gasteiger partial charge in [0.05, 0.1) is 37.1 Å². The Balaban J connectivity index is 1.63. The number of fused-ring (bicyclic) bond motifs is 1. The zero-order valence-corrected chi connectivity index (χ0v) is 18.8. The second kappa shape index (κ2) is 10.3. The number of benzene rings is 1. The average molecular weight is 522 g/mol. The Morgan fingerprint density at radius 1 is 1.18 bits per heavy atom. The molecule has 0 aromatic heterocycles. The third-order valence-corrected chi connectivity index (χ3v) is 7.29. The molecule has 9 heteroatoms. The molecule has 7 nitrogen and oxygen atoms in total. The summed E-state index contributed by atoms with van der Waals surface area (Å²) in [6.45, 7) is 3.70. The molecule has 2 aliphatic rings. The summed E-state index contributed by atoms with van der Waals surface area (Å²) >= 11 is 2.23. The highest BCUT2D eigenvalue weighted by atomic mass is 127. The van der Waals surface area contributed by atoms with Crippen molar-refractivity contribution in [1.82, 2.24) is 10.2 Å². The van der Waals surface area contributed by atoms with Gasteiger partial charge >= 0.3 is 0 Å². The van der Waals surface area contributed by atoms with Crippen LogP contribution in [0, 0.1) is 0 Å². The molecule has 156 valence electrons. The lowest BCUT2D eigenvalue weighted by Gasteiger charge is -2.31. The largest absolute Gasteiger partial charge is 0.378 e. The van der Waals surface area contributed by atoms with E-state index in [0.717, 1.165) is 30.4 Å². The number of carbonyl (C=O) groups excluding carboxylic acids is 1. The highest BCUT2D eigenvalue weighted by Crippen LogP contribution is 2.31. The van der Waals surface area contributed by atoms with E-state index in [9.17, 15) is 13.2 Å². The van der Waals surface area contributed by atoms with Gasteiger partial charge in [0.25, 0.3) is 5.91 Å². The number of rotatable bonds is 10. The zero-order chi connectivity index (χ0) is 20.0. The molecule has 1 amide bonds. The number of carbonyl (C=O) groups is 1. The third kappa shape index (κ3) is 5.24. The Bertz CT molecular complexity index is 781. The van der Waals surface area contributed by atoms with Gasteiger partial charge in [0.15, 0.2) is 9.84 Å². The van der Waals surface area contributed by atoms with Crippen molar-refractivity contribution in [2.45, 2.75) is 30.3 Å². The third-order valence-electron chi connectivity index (χ3n) is 5.09. The topological polar surface area (TPSA) is 84.9 Å². The normalized spacial score (nSPS) is 19.8. The van der Waals surface area contributed by atoms with Crippen LogP contribution in [-0.2, 0) is 25.9 Å². The Hall–Kier alpha value is -0.750. The van der Waals surface area contributed by atoms with Gasteiger partial charge in [-0.1, -0.05) is 28.7 Å². The van der Waals surface area contributed by atoms with Gasteiger partial charge < -0.3 is 19.7 Å². The van der Waals surface area contributed by atoms with Crippen molar-refractivity contribution in [3.63, 3.8) is 0 Å². The van der Waals surface area contributed by atoms with Gasteiger partial charge in [0.1, 0.15) is 0 Å². The quantitative estimate of drug-likeness (QED) is 0.286. The van der Waals surface area contributed by atoms with Crippen molar-refractivity contribution in [1.29, 1.82) is 0 Å². The number of hydrogen-bond acceptors (Lipinski definition) is 6. The minimum Gasteiger partial charge on any atom is -0.378 e. The number of sulfone groups is 1. The van der Waals surface area contributed by atoms with E-state index in [4.69, 9.17) is 9.47 Å². The van der Waals surface area contributed by atoms with Gasteiger partial charge in [-0.15, -0.1) is 0 Å². The molecule has 1 atom stereocenters. The van der Waals surface area contributed by atoms with Gasteiger partial charge in [-0.25, -0.2) is 8.42 Å². The molecule has 3 rings (SSSR count). The van der Waals surface area contributed by atoms with E-state index < -0.39 is 9.84 Å². The fourth-order valence-electron chi connectivity index (χ4n) is 3.67. The van der Waals surface area contributed by atoms with Gasteiger partial charge in [-0.3, -0.25) is 4.79 Å². The molecule has 0 spiro atoms. The molecule has 1 fully saturated rings. The van der Waals surface area contributed by atoms with Crippen LogP contribution in [0.25, 0.3) is 0 Å². The fourth-order valence-corrected chi connectivity index (χ4v) is 5.37. The number of halogens is 1. The first-order valence-corrected chi connectivity index (χ1v) is 12.8. The van der Waals surface area contributed by atoms with Gasteiger partial charge in [0.2, 0.25) is 0 Å². The number of amides is 1. The monoisotopic (exact) mass is 522 g/mol. The van der Waals surface area contributed by atoms with Crippen LogP contribution in [0.5, 0.6) is 0 Å². The molecule has 1 saturated heterocycles. The molecule has 0 radical (unpaired) electrons. The first-order chi connectivity index (χ1) is 13.5. The van der Waals surface area contributed by atoms with Crippen molar-refractivity contribution in [3.8, 4) is 0 Å². The van der Waals surface area contributed by atoms with Crippen LogP contribution in [0.1, 0.15) is 28.8 Å². The van der Waals surface area contributed by atoms with Gasteiger partial charge in [-0.2, -0.15) is 0 Å².